The lowest BCUT2D eigenvalue weighted by atomic mass is 10.0. The highest BCUT2D eigenvalue weighted by Gasteiger charge is 2.27. The lowest BCUT2D eigenvalue weighted by Crippen LogP contribution is -2.25. The maximum Gasteiger partial charge on any atom is 0.341 e. The fraction of sp³-hybridized carbons (Fsp3) is 0.400. The zero-order valence-corrected chi connectivity index (χ0v) is 16.7. The van der Waals surface area contributed by atoms with Crippen LogP contribution in [-0.2, 0) is 4.74 Å². The SMILES string of the molecule is COCCOc1cc2c(cc1Cl)-c1cc(=O)c(C(=O)O)cn1[C@H](C(C)C)CO2. The predicted octanol–water partition coefficient (Wildman–Crippen LogP) is 3.48. The first-order valence-corrected chi connectivity index (χ1v) is 9.29. The second kappa shape index (κ2) is 8.24. The van der Waals surface area contributed by atoms with Crippen LogP contribution in [-0.4, -0.2) is 42.6 Å². The van der Waals surface area contributed by atoms with E-state index in [2.05, 4.69) is 0 Å². The number of nitrogens with zero attached hydrogens (tertiary/aromatic N) is 1. The number of aromatic nitrogens is 1. The van der Waals surface area contributed by atoms with Crippen molar-refractivity contribution in [2.24, 2.45) is 5.92 Å². The third-order valence-corrected chi connectivity index (χ3v) is 5.00. The quantitative estimate of drug-likeness (QED) is 0.737. The lowest BCUT2D eigenvalue weighted by molar-refractivity contribution is 0.0694. The van der Waals surface area contributed by atoms with Gasteiger partial charge in [0.2, 0.25) is 0 Å². The highest BCUT2D eigenvalue weighted by molar-refractivity contribution is 6.32. The van der Waals surface area contributed by atoms with E-state index >= 15 is 0 Å². The van der Waals surface area contributed by atoms with Gasteiger partial charge in [-0.25, -0.2) is 4.79 Å². The van der Waals surface area contributed by atoms with Crippen molar-refractivity contribution < 1.29 is 24.1 Å². The minimum Gasteiger partial charge on any atom is -0.491 e. The van der Waals surface area contributed by atoms with E-state index in [9.17, 15) is 14.7 Å². The van der Waals surface area contributed by atoms with Gasteiger partial charge in [-0.2, -0.15) is 0 Å². The molecule has 7 nitrogen and oxygen atoms in total. The Morgan fingerprint density at radius 1 is 1.36 bits per heavy atom. The number of fused-ring (bicyclic) bond motifs is 3. The molecule has 0 saturated carbocycles. The van der Waals surface area contributed by atoms with Gasteiger partial charge in [-0.3, -0.25) is 4.79 Å². The predicted molar refractivity (Wildman–Crippen MR) is 105 cm³/mol. The zero-order valence-electron chi connectivity index (χ0n) is 15.9. The van der Waals surface area contributed by atoms with Gasteiger partial charge in [-0.1, -0.05) is 25.4 Å². The Morgan fingerprint density at radius 3 is 2.75 bits per heavy atom. The molecule has 1 aliphatic rings. The van der Waals surface area contributed by atoms with Crippen molar-refractivity contribution in [2.75, 3.05) is 26.9 Å². The number of benzene rings is 1. The second-order valence-electron chi connectivity index (χ2n) is 6.89. The zero-order chi connectivity index (χ0) is 20.4. The number of rotatable bonds is 6. The van der Waals surface area contributed by atoms with E-state index in [0.717, 1.165) is 0 Å². The van der Waals surface area contributed by atoms with Crippen LogP contribution in [0.2, 0.25) is 5.02 Å². The van der Waals surface area contributed by atoms with Gasteiger partial charge in [0.15, 0.2) is 5.43 Å². The monoisotopic (exact) mass is 407 g/mol. The molecule has 0 fully saturated rings. The first kappa shape index (κ1) is 20.2. The molecule has 0 saturated heterocycles. The summed E-state index contributed by atoms with van der Waals surface area (Å²) >= 11 is 6.38. The molecule has 0 amide bonds. The Hall–Kier alpha value is -2.51. The van der Waals surface area contributed by atoms with Crippen molar-refractivity contribution in [1.82, 2.24) is 4.57 Å². The third-order valence-electron chi connectivity index (χ3n) is 4.70. The van der Waals surface area contributed by atoms with Gasteiger partial charge in [0.25, 0.3) is 0 Å². The van der Waals surface area contributed by atoms with Crippen LogP contribution in [0.4, 0.5) is 0 Å². The summed E-state index contributed by atoms with van der Waals surface area (Å²) in [5, 5.41) is 9.71. The fourth-order valence-corrected chi connectivity index (χ4v) is 3.39. The van der Waals surface area contributed by atoms with Crippen LogP contribution in [0.3, 0.4) is 0 Å². The van der Waals surface area contributed by atoms with Crippen molar-refractivity contribution >= 4 is 17.6 Å². The molecule has 1 aromatic carbocycles. The van der Waals surface area contributed by atoms with Crippen LogP contribution in [0.1, 0.15) is 30.2 Å². The summed E-state index contributed by atoms with van der Waals surface area (Å²) < 4.78 is 18.4. The molecular formula is C20H22ClNO6. The molecule has 8 heteroatoms. The van der Waals surface area contributed by atoms with E-state index < -0.39 is 11.4 Å². The second-order valence-corrected chi connectivity index (χ2v) is 7.30. The molecule has 3 rings (SSSR count). The Labute approximate surface area is 167 Å². The average molecular weight is 408 g/mol. The fourth-order valence-electron chi connectivity index (χ4n) is 3.17. The van der Waals surface area contributed by atoms with Crippen molar-refractivity contribution in [3.8, 4) is 22.8 Å². The Bertz CT molecular complexity index is 952. The minimum atomic E-state index is -1.26. The van der Waals surface area contributed by atoms with Gasteiger partial charge in [-0.05, 0) is 12.0 Å². The van der Waals surface area contributed by atoms with Crippen LogP contribution in [0.15, 0.2) is 29.2 Å². The van der Waals surface area contributed by atoms with E-state index in [1.54, 1.807) is 23.8 Å². The molecule has 28 heavy (non-hydrogen) atoms. The average Bonchev–Trinajstić information content (AvgIpc) is 2.78. The Kier molecular flexibility index (Phi) is 5.96. The van der Waals surface area contributed by atoms with E-state index in [1.807, 2.05) is 13.8 Å². The summed E-state index contributed by atoms with van der Waals surface area (Å²) in [6.45, 7) is 5.09. The molecule has 0 unspecified atom stereocenters. The molecule has 150 valence electrons. The number of hydrogen-bond acceptors (Lipinski definition) is 5. The highest BCUT2D eigenvalue weighted by Crippen LogP contribution is 2.42. The van der Waals surface area contributed by atoms with Gasteiger partial charge in [0, 0.05) is 31.0 Å². The molecule has 0 spiro atoms. The van der Waals surface area contributed by atoms with Gasteiger partial charge in [0.05, 0.1) is 23.4 Å². The summed E-state index contributed by atoms with van der Waals surface area (Å²) in [4.78, 5) is 23.8. The topological polar surface area (TPSA) is 87.0 Å². The number of aromatic carboxylic acids is 1. The molecule has 0 aliphatic carbocycles. The van der Waals surface area contributed by atoms with Gasteiger partial charge >= 0.3 is 5.97 Å². The summed E-state index contributed by atoms with van der Waals surface area (Å²) in [7, 11) is 1.58. The molecule has 2 aromatic rings. The summed E-state index contributed by atoms with van der Waals surface area (Å²) in [5.41, 5.74) is 0.335. The molecule has 1 N–H and O–H groups in total. The van der Waals surface area contributed by atoms with E-state index in [4.69, 9.17) is 25.8 Å². The van der Waals surface area contributed by atoms with Crippen molar-refractivity contribution in [1.29, 1.82) is 0 Å². The number of pyridine rings is 1. The minimum absolute atomic E-state index is 0.144. The van der Waals surface area contributed by atoms with Gasteiger partial charge in [0.1, 0.15) is 30.3 Å². The number of ether oxygens (including phenoxy) is 3. The molecule has 1 atom stereocenters. The van der Waals surface area contributed by atoms with Crippen molar-refractivity contribution in [3.63, 3.8) is 0 Å². The van der Waals surface area contributed by atoms with Crippen LogP contribution < -0.4 is 14.9 Å². The van der Waals surface area contributed by atoms with Crippen LogP contribution in [0.5, 0.6) is 11.5 Å². The number of methoxy groups -OCH3 is 1. The number of carboxylic acids is 1. The smallest absolute Gasteiger partial charge is 0.341 e. The van der Waals surface area contributed by atoms with Gasteiger partial charge < -0.3 is 23.9 Å². The van der Waals surface area contributed by atoms with Crippen molar-refractivity contribution in [3.05, 3.63) is 45.2 Å². The van der Waals surface area contributed by atoms with E-state index in [-0.39, 0.29) is 17.5 Å². The number of hydrogen-bond donors (Lipinski definition) is 1. The number of carboxylic acid groups (broad SMARTS) is 1. The molecule has 0 radical (unpaired) electrons. The van der Waals surface area contributed by atoms with Crippen LogP contribution in [0.25, 0.3) is 11.3 Å². The molecule has 0 bridgehead atoms. The van der Waals surface area contributed by atoms with Crippen LogP contribution >= 0.6 is 11.6 Å². The van der Waals surface area contributed by atoms with Gasteiger partial charge in [-0.15, -0.1) is 0 Å². The number of halogens is 1. The normalized spacial score (nSPS) is 15.4. The van der Waals surface area contributed by atoms with Crippen molar-refractivity contribution in [2.45, 2.75) is 19.9 Å². The lowest BCUT2D eigenvalue weighted by Gasteiger charge is -2.24. The summed E-state index contributed by atoms with van der Waals surface area (Å²) in [6.07, 6.45) is 1.39. The van der Waals surface area contributed by atoms with Crippen LogP contribution in [0, 0.1) is 5.92 Å². The van der Waals surface area contributed by atoms with E-state index in [0.29, 0.717) is 47.6 Å². The number of carbonyl (C=O) groups is 1. The van der Waals surface area contributed by atoms with E-state index in [1.165, 1.54) is 12.3 Å². The molecule has 1 aromatic heterocycles. The Balaban J connectivity index is 2.16. The molecule has 1 aliphatic heterocycles. The third kappa shape index (κ3) is 3.86. The Morgan fingerprint density at radius 2 is 2.11 bits per heavy atom. The standard InChI is InChI=1S/C20H22ClNO6/c1-11(2)16-10-28-18-8-19(27-5-4-26-3)14(21)6-12(18)15-7-17(23)13(20(24)25)9-22(15)16/h6-9,11,16H,4-5,10H2,1-3H3,(H,24,25)/t16-/m0/s1. The largest absolute Gasteiger partial charge is 0.491 e. The maximum absolute atomic E-state index is 12.4. The molecule has 2 heterocycles. The maximum atomic E-state index is 12.4. The highest BCUT2D eigenvalue weighted by atomic mass is 35.5. The first-order chi connectivity index (χ1) is 13.3. The molecular weight excluding hydrogens is 386 g/mol. The summed E-state index contributed by atoms with van der Waals surface area (Å²) in [6, 6.07) is 4.54. The first-order valence-electron chi connectivity index (χ1n) is 8.91. The summed E-state index contributed by atoms with van der Waals surface area (Å²) in [5.74, 6) is -0.133.